The van der Waals surface area contributed by atoms with Gasteiger partial charge in [-0.1, -0.05) is 11.6 Å². The van der Waals surface area contributed by atoms with Crippen molar-refractivity contribution in [2.75, 3.05) is 19.6 Å². The molecule has 112 valence electrons. The van der Waals surface area contributed by atoms with E-state index in [1.54, 1.807) is 18.2 Å². The molecule has 1 aromatic rings. The largest absolute Gasteiger partial charge is 0.486 e. The van der Waals surface area contributed by atoms with Crippen LogP contribution in [0, 0.1) is 0 Å². The SMILES string of the molecule is O=C(O)CN1CCC2(CC1)CC(=O)c1ccc(Cl)cc1O2. The first-order valence-electron chi connectivity index (χ1n) is 6.93. The molecule has 2 aliphatic rings. The molecule has 0 amide bonds. The molecule has 2 heterocycles. The molecule has 21 heavy (non-hydrogen) atoms. The van der Waals surface area contributed by atoms with E-state index in [2.05, 4.69) is 0 Å². The Morgan fingerprint density at radius 2 is 2.10 bits per heavy atom. The Kier molecular flexibility index (Phi) is 3.63. The summed E-state index contributed by atoms with van der Waals surface area (Å²) in [5, 5.41) is 9.37. The van der Waals surface area contributed by atoms with Crippen LogP contribution in [0.3, 0.4) is 0 Å². The molecule has 0 saturated carbocycles. The van der Waals surface area contributed by atoms with Crippen molar-refractivity contribution in [3.8, 4) is 5.75 Å². The number of carboxylic acids is 1. The second kappa shape index (κ2) is 5.31. The fourth-order valence-corrected chi connectivity index (χ4v) is 3.22. The molecular formula is C15H16ClNO4. The lowest BCUT2D eigenvalue weighted by atomic mass is 9.82. The number of benzene rings is 1. The lowest BCUT2D eigenvalue weighted by molar-refractivity contribution is -0.139. The highest BCUT2D eigenvalue weighted by molar-refractivity contribution is 6.30. The van der Waals surface area contributed by atoms with Gasteiger partial charge in [0.25, 0.3) is 0 Å². The van der Waals surface area contributed by atoms with Crippen LogP contribution in [0.15, 0.2) is 18.2 Å². The summed E-state index contributed by atoms with van der Waals surface area (Å²) >= 11 is 5.97. The van der Waals surface area contributed by atoms with Gasteiger partial charge in [-0.2, -0.15) is 0 Å². The number of likely N-dealkylation sites (tertiary alicyclic amines) is 1. The van der Waals surface area contributed by atoms with Gasteiger partial charge in [0.1, 0.15) is 11.4 Å². The average Bonchev–Trinajstić information content (AvgIpc) is 2.40. The van der Waals surface area contributed by atoms with E-state index < -0.39 is 11.6 Å². The van der Waals surface area contributed by atoms with Crippen molar-refractivity contribution >= 4 is 23.4 Å². The summed E-state index contributed by atoms with van der Waals surface area (Å²) in [6.45, 7) is 1.28. The number of carbonyl (C=O) groups is 2. The standard InChI is InChI=1S/C15H16ClNO4/c16-10-1-2-11-12(18)8-15(21-13(11)7-10)3-5-17(6-4-15)9-14(19)20/h1-2,7H,3-6,8-9H2,(H,19,20). The van der Waals surface area contributed by atoms with Crippen LogP contribution in [0.25, 0.3) is 0 Å². The van der Waals surface area contributed by atoms with E-state index in [-0.39, 0.29) is 12.3 Å². The topological polar surface area (TPSA) is 66.8 Å². The number of nitrogens with zero attached hydrogens (tertiary/aromatic N) is 1. The van der Waals surface area contributed by atoms with E-state index in [9.17, 15) is 9.59 Å². The van der Waals surface area contributed by atoms with Gasteiger partial charge in [0.15, 0.2) is 5.78 Å². The summed E-state index contributed by atoms with van der Waals surface area (Å²) in [6, 6.07) is 5.07. The van der Waals surface area contributed by atoms with Crippen molar-refractivity contribution in [3.63, 3.8) is 0 Å². The van der Waals surface area contributed by atoms with Crippen LogP contribution in [0.4, 0.5) is 0 Å². The van der Waals surface area contributed by atoms with Crippen LogP contribution in [0.1, 0.15) is 29.6 Å². The van der Waals surface area contributed by atoms with E-state index in [4.69, 9.17) is 21.4 Å². The molecule has 1 fully saturated rings. The van der Waals surface area contributed by atoms with Crippen LogP contribution in [0.5, 0.6) is 5.75 Å². The second-order valence-electron chi connectivity index (χ2n) is 5.70. The zero-order chi connectivity index (χ0) is 15.0. The average molecular weight is 310 g/mol. The molecule has 1 spiro atoms. The molecular weight excluding hydrogens is 294 g/mol. The summed E-state index contributed by atoms with van der Waals surface area (Å²) in [4.78, 5) is 24.9. The number of ketones is 1. The number of aliphatic carboxylic acids is 1. The lowest BCUT2D eigenvalue weighted by Crippen LogP contribution is -2.51. The highest BCUT2D eigenvalue weighted by atomic mass is 35.5. The van der Waals surface area contributed by atoms with E-state index in [0.717, 1.165) is 0 Å². The minimum absolute atomic E-state index is 0.0342. The Morgan fingerprint density at radius 1 is 1.38 bits per heavy atom. The molecule has 0 atom stereocenters. The first-order valence-corrected chi connectivity index (χ1v) is 7.31. The number of carboxylic acid groups (broad SMARTS) is 1. The number of carbonyl (C=O) groups excluding carboxylic acids is 1. The van der Waals surface area contributed by atoms with Crippen molar-refractivity contribution in [1.29, 1.82) is 0 Å². The van der Waals surface area contributed by atoms with Gasteiger partial charge in [-0.3, -0.25) is 14.5 Å². The number of ether oxygens (including phenoxy) is 1. The van der Waals surface area contributed by atoms with Crippen molar-refractivity contribution in [2.24, 2.45) is 0 Å². The molecule has 3 rings (SSSR count). The van der Waals surface area contributed by atoms with Gasteiger partial charge in [0.2, 0.25) is 0 Å². The van der Waals surface area contributed by atoms with Crippen LogP contribution in [0.2, 0.25) is 5.02 Å². The predicted octanol–water partition coefficient (Wildman–Crippen LogP) is 2.22. The highest BCUT2D eigenvalue weighted by Gasteiger charge is 2.43. The third-order valence-electron chi connectivity index (χ3n) is 4.18. The molecule has 1 saturated heterocycles. The summed E-state index contributed by atoms with van der Waals surface area (Å²) in [6.07, 6.45) is 1.65. The first kappa shape index (κ1) is 14.4. The number of piperidine rings is 1. The zero-order valence-electron chi connectivity index (χ0n) is 11.5. The monoisotopic (exact) mass is 309 g/mol. The Morgan fingerprint density at radius 3 is 2.76 bits per heavy atom. The zero-order valence-corrected chi connectivity index (χ0v) is 12.2. The van der Waals surface area contributed by atoms with Crippen molar-refractivity contribution in [3.05, 3.63) is 28.8 Å². The molecule has 1 aromatic carbocycles. The van der Waals surface area contributed by atoms with Gasteiger partial charge >= 0.3 is 5.97 Å². The summed E-state index contributed by atoms with van der Waals surface area (Å²) in [5.41, 5.74) is 0.0713. The number of fused-ring (bicyclic) bond motifs is 1. The maximum Gasteiger partial charge on any atom is 0.317 e. The Labute approximate surface area is 127 Å². The third kappa shape index (κ3) is 2.89. The Balaban J connectivity index is 1.77. The number of Topliss-reactive ketones (excluding diaryl/α,β-unsaturated/α-hetero) is 1. The lowest BCUT2D eigenvalue weighted by Gasteiger charge is -2.43. The summed E-state index contributed by atoms with van der Waals surface area (Å²) in [5.74, 6) is -0.214. The third-order valence-corrected chi connectivity index (χ3v) is 4.41. The second-order valence-corrected chi connectivity index (χ2v) is 6.13. The molecule has 5 nitrogen and oxygen atoms in total. The van der Waals surface area contributed by atoms with E-state index in [0.29, 0.717) is 48.7 Å². The first-order chi connectivity index (χ1) is 9.97. The van der Waals surface area contributed by atoms with Gasteiger partial charge in [-0.25, -0.2) is 0 Å². The summed E-state index contributed by atoms with van der Waals surface area (Å²) in [7, 11) is 0. The van der Waals surface area contributed by atoms with Crippen molar-refractivity contribution in [1.82, 2.24) is 4.90 Å². The van der Waals surface area contributed by atoms with Crippen LogP contribution >= 0.6 is 11.6 Å². The predicted molar refractivity (Wildman–Crippen MR) is 77.1 cm³/mol. The smallest absolute Gasteiger partial charge is 0.317 e. The minimum atomic E-state index is -0.830. The van der Waals surface area contributed by atoms with Crippen LogP contribution < -0.4 is 4.74 Å². The molecule has 1 N–H and O–H groups in total. The van der Waals surface area contributed by atoms with Gasteiger partial charge in [0.05, 0.1) is 18.5 Å². The Bertz CT molecular complexity index is 593. The number of halogens is 1. The Hall–Kier alpha value is -1.59. The van der Waals surface area contributed by atoms with Crippen molar-refractivity contribution in [2.45, 2.75) is 24.9 Å². The normalized spacial score (nSPS) is 20.9. The molecule has 0 radical (unpaired) electrons. The number of rotatable bonds is 2. The van der Waals surface area contributed by atoms with Crippen LogP contribution in [-0.2, 0) is 4.79 Å². The molecule has 6 heteroatoms. The fourth-order valence-electron chi connectivity index (χ4n) is 3.06. The van der Waals surface area contributed by atoms with E-state index in [1.807, 2.05) is 4.90 Å². The minimum Gasteiger partial charge on any atom is -0.486 e. The molecule has 0 aliphatic carbocycles. The molecule has 2 aliphatic heterocycles. The molecule has 0 aromatic heterocycles. The maximum atomic E-state index is 12.3. The van der Waals surface area contributed by atoms with Gasteiger partial charge < -0.3 is 9.84 Å². The van der Waals surface area contributed by atoms with Crippen molar-refractivity contribution < 1.29 is 19.4 Å². The van der Waals surface area contributed by atoms with Gasteiger partial charge in [-0.15, -0.1) is 0 Å². The highest BCUT2D eigenvalue weighted by Crippen LogP contribution is 2.40. The molecule has 0 unspecified atom stereocenters. The number of hydrogen-bond acceptors (Lipinski definition) is 4. The van der Waals surface area contributed by atoms with E-state index in [1.165, 1.54) is 0 Å². The van der Waals surface area contributed by atoms with Gasteiger partial charge in [0, 0.05) is 31.0 Å². The van der Waals surface area contributed by atoms with Crippen LogP contribution in [-0.4, -0.2) is 47.0 Å². The quantitative estimate of drug-likeness (QED) is 0.907. The van der Waals surface area contributed by atoms with Gasteiger partial charge in [-0.05, 0) is 18.2 Å². The number of hydrogen-bond donors (Lipinski definition) is 1. The van der Waals surface area contributed by atoms with E-state index >= 15 is 0 Å². The maximum absolute atomic E-state index is 12.3. The molecule has 0 bridgehead atoms. The fraction of sp³-hybridized carbons (Fsp3) is 0.467. The summed E-state index contributed by atoms with van der Waals surface area (Å²) < 4.78 is 6.09.